The molecule has 1 aliphatic heterocycles. The van der Waals surface area contributed by atoms with E-state index in [-0.39, 0.29) is 0 Å². The van der Waals surface area contributed by atoms with Crippen LogP contribution < -0.4 is 0 Å². The Balaban J connectivity index is 0.000000288. The van der Waals surface area contributed by atoms with Crippen molar-refractivity contribution in [3.8, 4) is 0 Å². The Hall–Kier alpha value is -4.86. The van der Waals surface area contributed by atoms with Crippen LogP contribution in [0, 0.1) is 40.5 Å². The number of benzene rings is 4. The lowest BCUT2D eigenvalue weighted by molar-refractivity contribution is 0.156. The molecule has 2 aliphatic rings. The summed E-state index contributed by atoms with van der Waals surface area (Å²) in [5.74, 6) is 5.62. The fourth-order valence-corrected chi connectivity index (χ4v) is 7.61. The predicted molar refractivity (Wildman–Crippen MR) is 320 cm³/mol. The summed E-state index contributed by atoms with van der Waals surface area (Å²) in [5.41, 5.74) is 16.1. The fourth-order valence-electron chi connectivity index (χ4n) is 7.61. The molecule has 0 N–H and O–H groups in total. The van der Waals surface area contributed by atoms with E-state index in [0.29, 0.717) is 35.5 Å². The zero-order valence-corrected chi connectivity index (χ0v) is 49.5. The van der Waals surface area contributed by atoms with Gasteiger partial charge in [-0.05, 0) is 186 Å². The van der Waals surface area contributed by atoms with Gasteiger partial charge in [0.2, 0.25) is 0 Å². The first kappa shape index (κ1) is 63.3. The topological polar surface area (TPSA) is 29.0 Å². The van der Waals surface area contributed by atoms with E-state index < -0.39 is 0 Å². The summed E-state index contributed by atoms with van der Waals surface area (Å²) in [5, 5.41) is 0. The molecule has 8 rings (SSSR count). The molecule has 3 heterocycles. The van der Waals surface area contributed by atoms with Crippen molar-refractivity contribution in [3.63, 3.8) is 0 Å². The van der Waals surface area contributed by atoms with Gasteiger partial charge in [0.25, 0.3) is 0 Å². The molecule has 3 heteroatoms. The average Bonchev–Trinajstić information content (AvgIpc) is 4.20. The fraction of sp³-hybridized carbons (Fsp3) is 0.507. The van der Waals surface area contributed by atoms with Crippen LogP contribution in [-0.4, -0.2) is 34.0 Å². The summed E-state index contributed by atoms with van der Waals surface area (Å²) < 4.78 is 0. The van der Waals surface area contributed by atoms with Crippen molar-refractivity contribution in [1.82, 2.24) is 14.9 Å². The van der Waals surface area contributed by atoms with Crippen molar-refractivity contribution < 1.29 is 0 Å². The van der Waals surface area contributed by atoms with E-state index >= 15 is 0 Å². The maximum Gasteiger partial charge on any atom is 0.0429 e. The van der Waals surface area contributed by atoms with Gasteiger partial charge in [-0.25, -0.2) is 0 Å². The Kier molecular flexibility index (Phi) is 29.7. The number of likely N-dealkylation sites (tertiary alicyclic amines) is 1. The lowest BCUT2D eigenvalue weighted by Crippen LogP contribution is -2.37. The molecule has 0 atom stereocenters. The van der Waals surface area contributed by atoms with Crippen molar-refractivity contribution in [2.24, 2.45) is 5.92 Å². The SMILES string of the molecule is CC(C)c1ccc(C2CC2)cc1.CC1CCN(C(C)C)CC1.Cc1ccc(C(C)C)cc1.Cc1ccc(C(C)C)cc1.Cc1ccc(C(C)C)cc1.Cc1ccc(C(C)C)cn1.Cc1ccc(C(C)C)nc1. The van der Waals surface area contributed by atoms with Crippen LogP contribution in [0.1, 0.15) is 238 Å². The van der Waals surface area contributed by atoms with Gasteiger partial charge >= 0.3 is 0 Å². The third-order valence-electron chi connectivity index (χ3n) is 13.6. The van der Waals surface area contributed by atoms with E-state index in [9.17, 15) is 0 Å². The highest BCUT2D eigenvalue weighted by Gasteiger charge is 2.23. The molecule has 4 aromatic carbocycles. The largest absolute Gasteiger partial charge is 0.301 e. The molecule has 2 aromatic heterocycles. The zero-order valence-electron chi connectivity index (χ0n) is 49.5. The number of piperidine rings is 1. The van der Waals surface area contributed by atoms with Gasteiger partial charge in [0.1, 0.15) is 0 Å². The lowest BCUT2D eigenvalue weighted by atomic mass is 9.98. The molecule has 0 radical (unpaired) electrons. The minimum absolute atomic E-state index is 0.542. The lowest BCUT2D eigenvalue weighted by Gasteiger charge is -2.33. The predicted octanol–water partition coefficient (Wildman–Crippen LogP) is 20.2. The minimum atomic E-state index is 0.542. The number of rotatable bonds is 8. The standard InChI is InChI=1S/C12H16.3C10H14.C9H19N.2C9H13N/c1-9(2)10-3-5-11(6-4-10)12-7-8-12;4*1-8(2)10-6-4-9(3)5-7-10;1-7(2)9-5-4-8(3)10-6-9;1-7(2)9-5-4-8(3)6-10-9/h3-6,9,12H,7-8H2,1-2H3;3*4-8H,1-3H3;8-9H,4-7H2,1-3H3;2*4-7H,1-3H3. The maximum atomic E-state index is 4.28. The van der Waals surface area contributed by atoms with E-state index in [0.717, 1.165) is 23.6 Å². The van der Waals surface area contributed by atoms with Crippen LogP contribution in [0.2, 0.25) is 0 Å². The van der Waals surface area contributed by atoms with Crippen LogP contribution in [0.25, 0.3) is 0 Å². The first-order chi connectivity index (χ1) is 34.0. The molecule has 1 saturated heterocycles. The highest BCUT2D eigenvalue weighted by atomic mass is 15.1. The molecule has 3 nitrogen and oxygen atoms in total. The normalized spacial score (nSPS) is 13.4. The second-order valence-electron chi connectivity index (χ2n) is 22.9. The molecule has 0 bridgehead atoms. The Bertz CT molecular complexity index is 1940. The highest BCUT2D eigenvalue weighted by Crippen LogP contribution is 2.40. The van der Waals surface area contributed by atoms with Crippen LogP contribution in [0.3, 0.4) is 0 Å². The zero-order chi connectivity index (χ0) is 53.9. The van der Waals surface area contributed by atoms with E-state index in [1.54, 1.807) is 5.56 Å². The summed E-state index contributed by atoms with van der Waals surface area (Å²) in [4.78, 5) is 11.0. The summed E-state index contributed by atoms with van der Waals surface area (Å²) in [7, 11) is 0. The molecule has 1 aliphatic carbocycles. The molecular formula is C69H103N3. The summed E-state index contributed by atoms with van der Waals surface area (Å²) >= 11 is 0. The van der Waals surface area contributed by atoms with Gasteiger partial charge in [0.15, 0.2) is 0 Å². The molecule has 0 spiro atoms. The highest BCUT2D eigenvalue weighted by molar-refractivity contribution is 5.30. The van der Waals surface area contributed by atoms with Crippen LogP contribution in [0.15, 0.2) is 134 Å². The Morgan fingerprint density at radius 1 is 0.361 bits per heavy atom. The van der Waals surface area contributed by atoms with Crippen molar-refractivity contribution >= 4 is 0 Å². The van der Waals surface area contributed by atoms with E-state index in [1.165, 1.54) is 94.5 Å². The van der Waals surface area contributed by atoms with Gasteiger partial charge in [-0.1, -0.05) is 216 Å². The van der Waals surface area contributed by atoms with Crippen LogP contribution in [0.4, 0.5) is 0 Å². The van der Waals surface area contributed by atoms with Crippen LogP contribution in [0.5, 0.6) is 0 Å². The van der Waals surface area contributed by atoms with Gasteiger partial charge < -0.3 is 4.90 Å². The van der Waals surface area contributed by atoms with Gasteiger partial charge in [-0.3, -0.25) is 9.97 Å². The van der Waals surface area contributed by atoms with Gasteiger partial charge in [-0.2, -0.15) is 0 Å². The monoisotopic (exact) mass is 974 g/mol. The van der Waals surface area contributed by atoms with E-state index in [4.69, 9.17) is 0 Å². The van der Waals surface area contributed by atoms with Crippen molar-refractivity contribution in [2.45, 2.75) is 212 Å². The molecule has 2 fully saturated rings. The molecule has 1 saturated carbocycles. The third-order valence-corrected chi connectivity index (χ3v) is 13.6. The molecule has 6 aromatic rings. The molecule has 394 valence electrons. The summed E-state index contributed by atoms with van der Waals surface area (Å²) in [6.07, 6.45) is 9.47. The number of nitrogens with zero attached hydrogens (tertiary/aromatic N) is 3. The van der Waals surface area contributed by atoms with Crippen LogP contribution >= 0.6 is 0 Å². The van der Waals surface area contributed by atoms with E-state index in [1.807, 2.05) is 19.3 Å². The Morgan fingerprint density at radius 2 is 0.708 bits per heavy atom. The Morgan fingerprint density at radius 3 is 0.986 bits per heavy atom. The molecule has 0 amide bonds. The number of pyridine rings is 2. The second-order valence-corrected chi connectivity index (χ2v) is 22.9. The van der Waals surface area contributed by atoms with Crippen LogP contribution in [-0.2, 0) is 0 Å². The molecule has 0 unspecified atom stereocenters. The first-order valence-electron chi connectivity index (χ1n) is 27.9. The van der Waals surface area contributed by atoms with Gasteiger partial charge in [0, 0.05) is 29.8 Å². The summed E-state index contributed by atoms with van der Waals surface area (Å²) in [6, 6.07) is 44.4. The molecular weight excluding hydrogens is 871 g/mol. The third kappa shape index (κ3) is 26.7. The van der Waals surface area contributed by atoms with Gasteiger partial charge in [-0.15, -0.1) is 0 Å². The smallest absolute Gasteiger partial charge is 0.0429 e. The molecule has 72 heavy (non-hydrogen) atoms. The average molecular weight is 975 g/mol. The van der Waals surface area contributed by atoms with Crippen molar-refractivity contribution in [1.29, 1.82) is 0 Å². The number of aromatic nitrogens is 2. The Labute approximate surface area is 444 Å². The number of aryl methyl sites for hydroxylation is 5. The number of hydrogen-bond acceptors (Lipinski definition) is 3. The quantitative estimate of drug-likeness (QED) is 0.152. The van der Waals surface area contributed by atoms with Gasteiger partial charge in [0.05, 0.1) is 0 Å². The summed E-state index contributed by atoms with van der Waals surface area (Å²) in [6.45, 7) is 46.4. The van der Waals surface area contributed by atoms with E-state index in [2.05, 4.69) is 268 Å². The maximum absolute atomic E-state index is 4.28. The first-order valence-corrected chi connectivity index (χ1v) is 27.9. The second kappa shape index (κ2) is 33.8. The van der Waals surface area contributed by atoms with Crippen molar-refractivity contribution in [3.05, 3.63) is 201 Å². The minimum Gasteiger partial charge on any atom is -0.301 e. The van der Waals surface area contributed by atoms with Crippen molar-refractivity contribution in [2.75, 3.05) is 13.1 Å². The number of hydrogen-bond donors (Lipinski definition) is 0.